The van der Waals surface area contributed by atoms with Crippen LogP contribution in [0.1, 0.15) is 0 Å². The van der Waals surface area contributed by atoms with Crippen molar-refractivity contribution in [1.82, 2.24) is 14.5 Å². The van der Waals surface area contributed by atoms with Crippen molar-refractivity contribution in [3.63, 3.8) is 0 Å². The fourth-order valence-electron chi connectivity index (χ4n) is 8.99. The van der Waals surface area contributed by atoms with Gasteiger partial charge in [0.25, 0.3) is 0 Å². The Morgan fingerprint density at radius 3 is 1.60 bits per heavy atom. The van der Waals surface area contributed by atoms with E-state index < -0.39 is 0 Å². The molecule has 0 radical (unpaired) electrons. The molecule has 0 saturated heterocycles. The summed E-state index contributed by atoms with van der Waals surface area (Å²) < 4.78 is 2.31. The van der Waals surface area contributed by atoms with Gasteiger partial charge in [-0.1, -0.05) is 152 Å². The second kappa shape index (κ2) is 10.7. The minimum absolute atomic E-state index is 0.664. The lowest BCUT2D eigenvalue weighted by Gasteiger charge is -2.14. The highest BCUT2D eigenvalue weighted by atomic mass is 15.2. The molecule has 0 bridgehead atoms. The second-order valence-electron chi connectivity index (χ2n) is 14.1. The molecular formula is C50H29N3. The molecule has 12 rings (SSSR count). The highest BCUT2D eigenvalue weighted by Crippen LogP contribution is 2.45. The maximum Gasteiger partial charge on any atom is 0.235 e. The van der Waals surface area contributed by atoms with Gasteiger partial charge in [0.05, 0.1) is 22.2 Å². The first-order valence-electron chi connectivity index (χ1n) is 18.2. The van der Waals surface area contributed by atoms with Gasteiger partial charge in [-0.2, -0.15) is 0 Å². The predicted octanol–water partition coefficient (Wildman–Crippen LogP) is 13.3. The molecule has 12 aromatic rings. The highest BCUT2D eigenvalue weighted by Gasteiger charge is 2.23. The number of nitrogens with zero attached hydrogens (tertiary/aromatic N) is 3. The Morgan fingerprint density at radius 1 is 0.321 bits per heavy atom. The van der Waals surface area contributed by atoms with Crippen molar-refractivity contribution in [3.8, 4) is 17.2 Å². The van der Waals surface area contributed by atoms with Crippen molar-refractivity contribution in [3.05, 3.63) is 176 Å². The molecule has 0 amide bonds. The largest absolute Gasteiger partial charge is 0.278 e. The molecule has 0 fully saturated rings. The van der Waals surface area contributed by atoms with Crippen molar-refractivity contribution in [1.29, 1.82) is 0 Å². The van der Waals surface area contributed by atoms with Crippen LogP contribution < -0.4 is 0 Å². The summed E-state index contributed by atoms with van der Waals surface area (Å²) in [6.45, 7) is 0. The molecule has 0 aliphatic rings. The maximum atomic E-state index is 5.55. The lowest BCUT2D eigenvalue weighted by molar-refractivity contribution is 1.02. The third-order valence-electron chi connectivity index (χ3n) is 11.3. The lowest BCUT2D eigenvalue weighted by atomic mass is 9.91. The Balaban J connectivity index is 1.30. The van der Waals surface area contributed by atoms with Crippen LogP contribution in [0, 0.1) is 0 Å². The summed E-state index contributed by atoms with van der Waals surface area (Å²) in [4.78, 5) is 11.1. The zero-order valence-electron chi connectivity index (χ0n) is 28.6. The van der Waals surface area contributed by atoms with Gasteiger partial charge in [-0.25, -0.2) is 9.97 Å². The molecule has 3 nitrogen and oxygen atoms in total. The van der Waals surface area contributed by atoms with Gasteiger partial charge in [0.15, 0.2) is 0 Å². The van der Waals surface area contributed by atoms with Gasteiger partial charge in [0, 0.05) is 32.5 Å². The van der Waals surface area contributed by atoms with Crippen molar-refractivity contribution in [2.24, 2.45) is 0 Å². The molecule has 244 valence electrons. The fourth-order valence-corrected chi connectivity index (χ4v) is 8.99. The average Bonchev–Trinajstić information content (AvgIpc) is 3.58. The summed E-state index contributed by atoms with van der Waals surface area (Å²) >= 11 is 0. The van der Waals surface area contributed by atoms with E-state index in [9.17, 15) is 0 Å². The van der Waals surface area contributed by atoms with E-state index in [0.717, 1.165) is 44.0 Å². The van der Waals surface area contributed by atoms with E-state index in [0.29, 0.717) is 5.95 Å². The number of benzene rings is 10. The van der Waals surface area contributed by atoms with Crippen molar-refractivity contribution < 1.29 is 0 Å². The molecule has 0 aliphatic carbocycles. The second-order valence-corrected chi connectivity index (χ2v) is 14.1. The van der Waals surface area contributed by atoms with E-state index in [-0.39, 0.29) is 0 Å². The molecule has 0 N–H and O–H groups in total. The van der Waals surface area contributed by atoms with Crippen molar-refractivity contribution >= 4 is 97.3 Å². The zero-order chi connectivity index (χ0) is 34.6. The molecule has 3 heteroatoms. The Labute approximate surface area is 304 Å². The summed E-state index contributed by atoms with van der Waals surface area (Å²) in [5.74, 6) is 0.664. The molecule has 53 heavy (non-hydrogen) atoms. The van der Waals surface area contributed by atoms with E-state index in [1.165, 1.54) is 64.6 Å². The number of aromatic nitrogens is 3. The molecule has 0 atom stereocenters. The number of rotatable bonds is 2. The van der Waals surface area contributed by atoms with Crippen LogP contribution in [0.3, 0.4) is 0 Å². The van der Waals surface area contributed by atoms with Gasteiger partial charge in [0.1, 0.15) is 0 Å². The standard InChI is InChI=1S/C50H29N3/c1-2-14-33-29-34(22-21-30(33)11-1)48-42-25-23-32-13-4-6-16-36(32)49(42)52-50(51-48)53-43-27-24-31-12-3-5-15-35(31)46(43)47-44(53)28-26-41-39-19-8-7-17-37(39)38-18-9-10-20-40(38)45(41)47/h1-29H. The highest BCUT2D eigenvalue weighted by molar-refractivity contribution is 6.37. The molecular weight excluding hydrogens is 643 g/mol. The van der Waals surface area contributed by atoms with Gasteiger partial charge >= 0.3 is 0 Å². The Bertz CT molecular complexity index is 3480. The van der Waals surface area contributed by atoms with E-state index in [2.05, 4.69) is 180 Å². The maximum absolute atomic E-state index is 5.55. The van der Waals surface area contributed by atoms with Crippen LogP contribution in [-0.2, 0) is 0 Å². The average molecular weight is 672 g/mol. The quantitative estimate of drug-likeness (QED) is 0.171. The van der Waals surface area contributed by atoms with Crippen LogP contribution in [0.2, 0.25) is 0 Å². The van der Waals surface area contributed by atoms with Crippen LogP contribution in [0.5, 0.6) is 0 Å². The van der Waals surface area contributed by atoms with Crippen LogP contribution in [0.15, 0.2) is 176 Å². The number of fused-ring (bicyclic) bond motifs is 16. The first-order valence-corrected chi connectivity index (χ1v) is 18.2. The minimum atomic E-state index is 0.664. The van der Waals surface area contributed by atoms with E-state index in [1.807, 2.05) is 0 Å². The Hall–Kier alpha value is -7.10. The van der Waals surface area contributed by atoms with Crippen LogP contribution in [-0.4, -0.2) is 14.5 Å². The third kappa shape index (κ3) is 3.99. The summed E-state index contributed by atoms with van der Waals surface area (Å²) in [5, 5.41) is 18.1. The van der Waals surface area contributed by atoms with E-state index >= 15 is 0 Å². The fraction of sp³-hybridized carbons (Fsp3) is 0. The Kier molecular flexibility index (Phi) is 5.77. The minimum Gasteiger partial charge on any atom is -0.278 e. The lowest BCUT2D eigenvalue weighted by Crippen LogP contribution is -2.04. The molecule has 10 aromatic carbocycles. The molecule has 2 heterocycles. The first kappa shape index (κ1) is 28.6. The van der Waals surface area contributed by atoms with Crippen molar-refractivity contribution in [2.45, 2.75) is 0 Å². The van der Waals surface area contributed by atoms with Crippen LogP contribution >= 0.6 is 0 Å². The summed E-state index contributed by atoms with van der Waals surface area (Å²) in [7, 11) is 0. The SMILES string of the molecule is c1ccc2cc(-c3nc(-n4c5ccc6ccccc6c5c5c6c7ccccc7c7ccccc7c6ccc54)nc4c3ccc3ccccc34)ccc2c1. The zero-order valence-corrected chi connectivity index (χ0v) is 28.6. The Morgan fingerprint density at radius 2 is 0.830 bits per heavy atom. The first-order chi connectivity index (χ1) is 26.3. The molecule has 0 saturated carbocycles. The normalized spacial score (nSPS) is 12.2. The molecule has 2 aromatic heterocycles. The number of hydrogen-bond acceptors (Lipinski definition) is 2. The van der Waals surface area contributed by atoms with Gasteiger partial charge < -0.3 is 0 Å². The van der Waals surface area contributed by atoms with Gasteiger partial charge in [0.2, 0.25) is 5.95 Å². The monoisotopic (exact) mass is 671 g/mol. The van der Waals surface area contributed by atoms with E-state index in [1.54, 1.807) is 0 Å². The summed E-state index contributed by atoms with van der Waals surface area (Å²) in [6, 6.07) is 63.7. The van der Waals surface area contributed by atoms with Gasteiger partial charge in [-0.15, -0.1) is 0 Å². The van der Waals surface area contributed by atoms with Crippen LogP contribution in [0.4, 0.5) is 0 Å². The molecule has 0 unspecified atom stereocenters. The topological polar surface area (TPSA) is 30.7 Å². The van der Waals surface area contributed by atoms with Crippen molar-refractivity contribution in [2.75, 3.05) is 0 Å². The smallest absolute Gasteiger partial charge is 0.235 e. The van der Waals surface area contributed by atoms with E-state index in [4.69, 9.17) is 9.97 Å². The predicted molar refractivity (Wildman–Crippen MR) is 224 cm³/mol. The summed E-state index contributed by atoms with van der Waals surface area (Å²) in [5.41, 5.74) is 5.13. The van der Waals surface area contributed by atoms with Gasteiger partial charge in [-0.3, -0.25) is 4.57 Å². The molecule has 0 spiro atoms. The number of hydrogen-bond donors (Lipinski definition) is 0. The molecule has 0 aliphatic heterocycles. The van der Waals surface area contributed by atoms with Gasteiger partial charge in [-0.05, 0) is 78.1 Å². The summed E-state index contributed by atoms with van der Waals surface area (Å²) in [6.07, 6.45) is 0. The van der Waals surface area contributed by atoms with Crippen LogP contribution in [0.25, 0.3) is 115 Å². The third-order valence-corrected chi connectivity index (χ3v) is 11.3.